The van der Waals surface area contributed by atoms with Crippen molar-refractivity contribution in [2.75, 3.05) is 13.1 Å². The van der Waals surface area contributed by atoms with E-state index < -0.39 is 5.54 Å². The van der Waals surface area contributed by atoms with Gasteiger partial charge in [-0.25, -0.2) is 0 Å². The zero-order valence-corrected chi connectivity index (χ0v) is 12.3. The van der Waals surface area contributed by atoms with E-state index in [9.17, 15) is 4.79 Å². The van der Waals surface area contributed by atoms with Crippen LogP contribution in [0.5, 0.6) is 0 Å². The van der Waals surface area contributed by atoms with Crippen LogP contribution in [0.4, 0.5) is 0 Å². The van der Waals surface area contributed by atoms with Crippen molar-refractivity contribution in [3.05, 3.63) is 35.9 Å². The quantitative estimate of drug-likeness (QED) is 0.906. The van der Waals surface area contributed by atoms with Gasteiger partial charge in [-0.3, -0.25) is 4.79 Å². The summed E-state index contributed by atoms with van der Waals surface area (Å²) < 4.78 is 0. The summed E-state index contributed by atoms with van der Waals surface area (Å²) in [4.78, 5) is 14.5. The third-order valence-corrected chi connectivity index (χ3v) is 3.71. The van der Waals surface area contributed by atoms with Crippen molar-refractivity contribution in [3.63, 3.8) is 0 Å². The van der Waals surface area contributed by atoms with E-state index >= 15 is 0 Å². The molecule has 106 valence electrons. The van der Waals surface area contributed by atoms with E-state index in [2.05, 4.69) is 0 Å². The van der Waals surface area contributed by atoms with Gasteiger partial charge in [0.1, 0.15) is 5.54 Å². The second-order valence-corrected chi connectivity index (χ2v) is 5.27. The number of likely N-dealkylation sites (tertiary alicyclic amines) is 1. The molecule has 0 aromatic heterocycles. The third-order valence-electron chi connectivity index (χ3n) is 3.71. The van der Waals surface area contributed by atoms with Crippen LogP contribution < -0.4 is 5.73 Å². The Labute approximate surface area is 121 Å². The predicted octanol–water partition coefficient (Wildman–Crippen LogP) is 2.68. The molecule has 1 fully saturated rings. The lowest BCUT2D eigenvalue weighted by atomic mass is 9.91. The van der Waals surface area contributed by atoms with Crippen LogP contribution in [0.2, 0.25) is 0 Å². The van der Waals surface area contributed by atoms with E-state index in [4.69, 9.17) is 5.73 Å². The van der Waals surface area contributed by atoms with Crippen LogP contribution >= 0.6 is 12.4 Å². The fraction of sp³-hybridized carbons (Fsp3) is 0.533. The maximum atomic E-state index is 12.6. The van der Waals surface area contributed by atoms with Gasteiger partial charge in [0.2, 0.25) is 5.91 Å². The van der Waals surface area contributed by atoms with Crippen LogP contribution in [-0.4, -0.2) is 23.9 Å². The number of nitrogens with zero attached hydrogens (tertiary/aromatic N) is 1. The minimum Gasteiger partial charge on any atom is -0.341 e. The molecule has 0 aliphatic carbocycles. The molecule has 0 saturated carbocycles. The molecule has 1 aromatic rings. The fourth-order valence-electron chi connectivity index (χ4n) is 2.51. The highest BCUT2D eigenvalue weighted by Gasteiger charge is 2.34. The number of benzene rings is 1. The SMILES string of the molecule is CC(N)(C(=O)N1CCCCCC1)c1ccccc1.Cl. The highest BCUT2D eigenvalue weighted by molar-refractivity contribution is 5.87. The van der Waals surface area contributed by atoms with E-state index in [0.29, 0.717) is 0 Å². The molecule has 1 saturated heterocycles. The lowest BCUT2D eigenvalue weighted by Gasteiger charge is -2.31. The number of rotatable bonds is 2. The third kappa shape index (κ3) is 3.71. The Bertz CT molecular complexity index is 398. The Morgan fingerprint density at radius 3 is 2.16 bits per heavy atom. The van der Waals surface area contributed by atoms with Crippen molar-refractivity contribution in [2.24, 2.45) is 5.73 Å². The Morgan fingerprint density at radius 1 is 1.11 bits per heavy atom. The minimum absolute atomic E-state index is 0. The molecule has 2 N–H and O–H groups in total. The molecule has 4 heteroatoms. The summed E-state index contributed by atoms with van der Waals surface area (Å²) in [5.74, 6) is 0.0515. The molecule has 0 radical (unpaired) electrons. The molecule has 1 heterocycles. The predicted molar refractivity (Wildman–Crippen MR) is 80.3 cm³/mol. The first-order valence-corrected chi connectivity index (χ1v) is 6.76. The second kappa shape index (κ2) is 6.92. The van der Waals surface area contributed by atoms with Crippen LogP contribution in [0.25, 0.3) is 0 Å². The maximum Gasteiger partial charge on any atom is 0.246 e. The molecule has 1 unspecified atom stereocenters. The number of carbonyl (C=O) groups is 1. The fourth-order valence-corrected chi connectivity index (χ4v) is 2.51. The van der Waals surface area contributed by atoms with Gasteiger partial charge in [-0.2, -0.15) is 0 Å². The first-order chi connectivity index (χ1) is 8.62. The normalized spacial score (nSPS) is 18.9. The van der Waals surface area contributed by atoms with Gasteiger partial charge < -0.3 is 10.6 Å². The van der Waals surface area contributed by atoms with Gasteiger partial charge in [-0.1, -0.05) is 43.2 Å². The van der Waals surface area contributed by atoms with Crippen molar-refractivity contribution in [1.82, 2.24) is 4.90 Å². The Kier molecular flexibility index (Phi) is 5.83. The summed E-state index contributed by atoms with van der Waals surface area (Å²) >= 11 is 0. The van der Waals surface area contributed by atoms with E-state index in [-0.39, 0.29) is 18.3 Å². The van der Waals surface area contributed by atoms with Crippen molar-refractivity contribution >= 4 is 18.3 Å². The molecular weight excluding hydrogens is 260 g/mol. The van der Waals surface area contributed by atoms with Gasteiger partial charge in [0.05, 0.1) is 0 Å². The van der Waals surface area contributed by atoms with Crippen molar-refractivity contribution in [3.8, 4) is 0 Å². The molecule has 2 rings (SSSR count). The van der Waals surface area contributed by atoms with E-state index in [1.54, 1.807) is 0 Å². The van der Waals surface area contributed by atoms with Crippen molar-refractivity contribution < 1.29 is 4.79 Å². The molecular formula is C15H23ClN2O. The average Bonchev–Trinajstić information content (AvgIpc) is 2.67. The van der Waals surface area contributed by atoms with Crippen LogP contribution in [0.3, 0.4) is 0 Å². The zero-order valence-electron chi connectivity index (χ0n) is 11.5. The lowest BCUT2D eigenvalue weighted by molar-refractivity contribution is -0.136. The summed E-state index contributed by atoms with van der Waals surface area (Å²) in [7, 11) is 0. The molecule has 3 nitrogen and oxygen atoms in total. The van der Waals surface area contributed by atoms with Crippen molar-refractivity contribution in [2.45, 2.75) is 38.1 Å². The van der Waals surface area contributed by atoms with E-state index in [0.717, 1.165) is 31.5 Å². The Hall–Kier alpha value is -1.06. The summed E-state index contributed by atoms with van der Waals surface area (Å²) in [5.41, 5.74) is 6.25. The van der Waals surface area contributed by atoms with Crippen LogP contribution in [0.15, 0.2) is 30.3 Å². The highest BCUT2D eigenvalue weighted by atomic mass is 35.5. The first-order valence-electron chi connectivity index (χ1n) is 6.76. The largest absolute Gasteiger partial charge is 0.341 e. The maximum absolute atomic E-state index is 12.6. The standard InChI is InChI=1S/C15H22N2O.ClH/c1-15(16,13-9-5-4-6-10-13)14(18)17-11-7-2-3-8-12-17;/h4-6,9-10H,2-3,7-8,11-12,16H2,1H3;1H. The smallest absolute Gasteiger partial charge is 0.246 e. The molecule has 1 aliphatic rings. The number of carbonyl (C=O) groups excluding carboxylic acids is 1. The lowest BCUT2D eigenvalue weighted by Crippen LogP contribution is -2.51. The monoisotopic (exact) mass is 282 g/mol. The van der Waals surface area contributed by atoms with Gasteiger partial charge in [0.25, 0.3) is 0 Å². The second-order valence-electron chi connectivity index (χ2n) is 5.27. The van der Waals surface area contributed by atoms with E-state index in [1.165, 1.54) is 12.8 Å². The molecule has 19 heavy (non-hydrogen) atoms. The Balaban J connectivity index is 0.00000180. The summed E-state index contributed by atoms with van der Waals surface area (Å²) in [6, 6.07) is 9.65. The van der Waals surface area contributed by atoms with Gasteiger partial charge in [0, 0.05) is 13.1 Å². The van der Waals surface area contributed by atoms with Crippen LogP contribution in [-0.2, 0) is 10.3 Å². The zero-order chi connectivity index (χ0) is 13.0. The topological polar surface area (TPSA) is 46.3 Å². The summed E-state index contributed by atoms with van der Waals surface area (Å²) in [6.07, 6.45) is 4.63. The van der Waals surface area contributed by atoms with Crippen molar-refractivity contribution in [1.29, 1.82) is 0 Å². The van der Waals surface area contributed by atoms with Gasteiger partial charge in [-0.15, -0.1) is 12.4 Å². The molecule has 1 aromatic carbocycles. The van der Waals surface area contributed by atoms with Gasteiger partial charge in [0.15, 0.2) is 0 Å². The number of hydrogen-bond donors (Lipinski definition) is 1. The highest BCUT2D eigenvalue weighted by Crippen LogP contribution is 2.22. The average molecular weight is 283 g/mol. The molecule has 0 spiro atoms. The molecule has 0 bridgehead atoms. The van der Waals surface area contributed by atoms with Gasteiger partial charge in [-0.05, 0) is 25.3 Å². The summed E-state index contributed by atoms with van der Waals surface area (Å²) in [5, 5.41) is 0. The molecule has 1 amide bonds. The number of halogens is 1. The molecule has 1 atom stereocenters. The van der Waals surface area contributed by atoms with E-state index in [1.807, 2.05) is 42.2 Å². The first kappa shape index (κ1) is 16.0. The molecule has 1 aliphatic heterocycles. The number of amides is 1. The van der Waals surface area contributed by atoms with Crippen LogP contribution in [0, 0.1) is 0 Å². The van der Waals surface area contributed by atoms with Gasteiger partial charge >= 0.3 is 0 Å². The van der Waals surface area contributed by atoms with Crippen LogP contribution in [0.1, 0.15) is 38.2 Å². The number of hydrogen-bond acceptors (Lipinski definition) is 2. The summed E-state index contributed by atoms with van der Waals surface area (Å²) in [6.45, 7) is 3.51. The minimum atomic E-state index is -0.911. The Morgan fingerprint density at radius 2 is 1.63 bits per heavy atom. The number of nitrogens with two attached hydrogens (primary N) is 1.